The number of hydrogen-bond acceptors (Lipinski definition) is 15. The number of carbonyl (C=O) groups excluding carboxylic acids is 2. The summed E-state index contributed by atoms with van der Waals surface area (Å²) in [6.45, 7) is 2.20. The molecule has 0 spiro atoms. The SMILES string of the molecule is CC/C=C/C=C/C=C/C=C/C=C/CCCC(=O)OC(COC(=O)CCCCCCCCC/C=C/C/C=C/CC)CO[C@@H]1O[C@H](CO[C@@H]2O[C@H](CO)[C@H](O)C(O)C2O)[C@H](O)C(O)C1O. The number of esters is 2. The molecular weight excluding hydrogens is 817 g/mol. The molecule has 15 nitrogen and oxygen atoms in total. The van der Waals surface area contributed by atoms with Gasteiger partial charge in [0, 0.05) is 12.8 Å². The summed E-state index contributed by atoms with van der Waals surface area (Å²) in [7, 11) is 0. The minimum absolute atomic E-state index is 0.0621. The van der Waals surface area contributed by atoms with Crippen LogP contribution >= 0.6 is 0 Å². The molecule has 0 radical (unpaired) electrons. The first-order valence-corrected chi connectivity index (χ1v) is 22.7. The third-order valence-corrected chi connectivity index (χ3v) is 10.2. The number of rotatable bonds is 32. The van der Waals surface area contributed by atoms with Crippen molar-refractivity contribution in [2.75, 3.05) is 26.4 Å². The van der Waals surface area contributed by atoms with Gasteiger partial charge in [-0.25, -0.2) is 0 Å². The van der Waals surface area contributed by atoms with Gasteiger partial charge in [-0.1, -0.05) is 131 Å². The van der Waals surface area contributed by atoms with Crippen LogP contribution in [0.4, 0.5) is 0 Å². The highest BCUT2D eigenvalue weighted by Gasteiger charge is 2.47. The summed E-state index contributed by atoms with van der Waals surface area (Å²) >= 11 is 0. The lowest BCUT2D eigenvalue weighted by Crippen LogP contribution is -2.61. The first kappa shape index (κ1) is 55.8. The Morgan fingerprint density at radius 2 is 1.05 bits per heavy atom. The monoisotopic (exact) mass is 893 g/mol. The fraction of sp³-hybridized carbons (Fsp3) is 0.667. The quantitative estimate of drug-likeness (QED) is 0.0207. The molecule has 15 heteroatoms. The molecule has 5 unspecified atom stereocenters. The van der Waals surface area contributed by atoms with E-state index < -0.39 is 99.3 Å². The molecule has 0 aromatic carbocycles. The van der Waals surface area contributed by atoms with Crippen molar-refractivity contribution in [1.82, 2.24) is 0 Å². The largest absolute Gasteiger partial charge is 0.462 e. The van der Waals surface area contributed by atoms with Gasteiger partial charge in [0.2, 0.25) is 0 Å². The fourth-order valence-corrected chi connectivity index (χ4v) is 6.52. The molecule has 0 amide bonds. The zero-order chi connectivity index (χ0) is 46.1. The Morgan fingerprint density at radius 1 is 0.524 bits per heavy atom. The van der Waals surface area contributed by atoms with Crippen molar-refractivity contribution in [3.05, 3.63) is 85.1 Å². The second-order valence-corrected chi connectivity index (χ2v) is 15.6. The lowest BCUT2D eigenvalue weighted by Gasteiger charge is -2.42. The Balaban J connectivity index is 1.89. The van der Waals surface area contributed by atoms with E-state index in [-0.39, 0.29) is 19.4 Å². The molecule has 7 N–H and O–H groups in total. The second kappa shape index (κ2) is 35.0. The van der Waals surface area contributed by atoms with Gasteiger partial charge < -0.3 is 64.2 Å². The molecule has 2 saturated heterocycles. The summed E-state index contributed by atoms with van der Waals surface area (Å²) in [4.78, 5) is 25.6. The van der Waals surface area contributed by atoms with Crippen LogP contribution in [0.3, 0.4) is 0 Å². The van der Waals surface area contributed by atoms with E-state index in [0.29, 0.717) is 19.3 Å². The molecule has 358 valence electrons. The third kappa shape index (κ3) is 24.0. The maximum absolute atomic E-state index is 12.9. The van der Waals surface area contributed by atoms with Crippen LogP contribution in [0.2, 0.25) is 0 Å². The molecule has 0 saturated carbocycles. The minimum atomic E-state index is -1.78. The van der Waals surface area contributed by atoms with Crippen molar-refractivity contribution in [3.8, 4) is 0 Å². The maximum Gasteiger partial charge on any atom is 0.306 e. The van der Waals surface area contributed by atoms with Crippen molar-refractivity contribution in [1.29, 1.82) is 0 Å². The molecule has 2 rings (SSSR count). The van der Waals surface area contributed by atoms with E-state index in [1.807, 2.05) is 54.7 Å². The predicted molar refractivity (Wildman–Crippen MR) is 238 cm³/mol. The zero-order valence-corrected chi connectivity index (χ0v) is 37.3. The van der Waals surface area contributed by atoms with Crippen LogP contribution in [0.5, 0.6) is 0 Å². The molecule has 63 heavy (non-hydrogen) atoms. The number of ether oxygens (including phenoxy) is 6. The number of aliphatic hydroxyl groups excluding tert-OH is 7. The van der Waals surface area contributed by atoms with Gasteiger partial charge in [0.15, 0.2) is 18.7 Å². The topological polar surface area (TPSA) is 231 Å². The van der Waals surface area contributed by atoms with Crippen molar-refractivity contribution in [3.63, 3.8) is 0 Å². The zero-order valence-electron chi connectivity index (χ0n) is 37.3. The van der Waals surface area contributed by atoms with Gasteiger partial charge in [-0.05, 0) is 51.4 Å². The highest BCUT2D eigenvalue weighted by Crippen LogP contribution is 2.26. The van der Waals surface area contributed by atoms with E-state index in [4.69, 9.17) is 28.4 Å². The molecule has 2 aliphatic rings. The molecule has 0 bridgehead atoms. The van der Waals surface area contributed by atoms with Gasteiger partial charge in [-0.3, -0.25) is 9.59 Å². The highest BCUT2D eigenvalue weighted by molar-refractivity contribution is 5.70. The molecule has 0 aromatic rings. The summed E-state index contributed by atoms with van der Waals surface area (Å²) in [5.41, 5.74) is 0. The van der Waals surface area contributed by atoms with Gasteiger partial charge in [0.25, 0.3) is 0 Å². The van der Waals surface area contributed by atoms with Gasteiger partial charge in [0.05, 0.1) is 19.8 Å². The van der Waals surface area contributed by atoms with Crippen molar-refractivity contribution < 1.29 is 73.8 Å². The molecule has 11 atom stereocenters. The molecule has 2 heterocycles. The Labute approximate surface area is 374 Å². The maximum atomic E-state index is 12.9. The second-order valence-electron chi connectivity index (χ2n) is 15.6. The van der Waals surface area contributed by atoms with Crippen LogP contribution in [0, 0.1) is 0 Å². The molecular formula is C48H76O15. The van der Waals surface area contributed by atoms with E-state index in [1.165, 1.54) is 6.42 Å². The van der Waals surface area contributed by atoms with Crippen LogP contribution in [0.15, 0.2) is 85.1 Å². The summed E-state index contributed by atoms with van der Waals surface area (Å²) < 4.78 is 33.3. The number of unbranched alkanes of at least 4 members (excludes halogenated alkanes) is 8. The predicted octanol–water partition coefficient (Wildman–Crippen LogP) is 4.87. The Hall–Kier alpha value is -3.32. The van der Waals surface area contributed by atoms with Gasteiger partial charge in [-0.2, -0.15) is 0 Å². The lowest BCUT2D eigenvalue weighted by atomic mass is 9.98. The van der Waals surface area contributed by atoms with Crippen molar-refractivity contribution >= 4 is 11.9 Å². The van der Waals surface area contributed by atoms with E-state index in [1.54, 1.807) is 0 Å². The number of aliphatic hydroxyl groups is 7. The number of hydrogen-bond donors (Lipinski definition) is 7. The first-order valence-electron chi connectivity index (χ1n) is 22.7. The van der Waals surface area contributed by atoms with Crippen molar-refractivity contribution in [2.45, 2.75) is 178 Å². The molecule has 2 aliphatic heterocycles. The number of allylic oxidation sites excluding steroid dienone is 14. The Bertz CT molecular complexity index is 1420. The first-order chi connectivity index (χ1) is 30.5. The van der Waals surface area contributed by atoms with Gasteiger partial charge in [0.1, 0.15) is 55.4 Å². The van der Waals surface area contributed by atoms with E-state index in [2.05, 4.69) is 44.2 Å². The average Bonchev–Trinajstić information content (AvgIpc) is 3.28. The minimum Gasteiger partial charge on any atom is -0.462 e. The van der Waals surface area contributed by atoms with Gasteiger partial charge in [-0.15, -0.1) is 0 Å². The Morgan fingerprint density at radius 3 is 1.70 bits per heavy atom. The van der Waals surface area contributed by atoms with E-state index >= 15 is 0 Å². The molecule has 2 fully saturated rings. The van der Waals surface area contributed by atoms with Crippen molar-refractivity contribution in [2.24, 2.45) is 0 Å². The van der Waals surface area contributed by atoms with E-state index in [0.717, 1.165) is 57.8 Å². The van der Waals surface area contributed by atoms with Gasteiger partial charge >= 0.3 is 11.9 Å². The summed E-state index contributed by atoms with van der Waals surface area (Å²) in [5, 5.41) is 71.8. The van der Waals surface area contributed by atoms with Crippen LogP contribution in [0.25, 0.3) is 0 Å². The van der Waals surface area contributed by atoms with Crippen LogP contribution < -0.4 is 0 Å². The average molecular weight is 893 g/mol. The standard InChI is InChI=1S/C48H76O15/c1-3-5-7-9-11-13-15-17-19-20-22-24-26-28-30-39(50)58-33-36(61-40(51)31-29-27-25-23-21-18-16-14-12-10-8-6-4-2)34-59-47-46(57)44(55)42(53)38(63-47)35-60-48-45(56)43(54)41(52)37(32-49)62-48/h5-8,10-14,16,18,21,23,25,36-38,41-49,52-57H,3-4,9,15,17,19-20,22,24,26-35H2,1-2H3/b7-5+,8-6+,12-10+,13-11+,16-14+,21-18+,25-23+/t36?,37-,38-,41+,42+,43?,44?,45?,46?,47-,48-/m1/s1. The normalized spacial score (nSPS) is 27.6. The summed E-state index contributed by atoms with van der Waals surface area (Å²) in [6, 6.07) is 0. The molecule has 0 aliphatic carbocycles. The van der Waals surface area contributed by atoms with Crippen LogP contribution in [-0.2, 0) is 38.0 Å². The van der Waals surface area contributed by atoms with Crippen LogP contribution in [0.1, 0.15) is 110 Å². The number of carbonyl (C=O) groups is 2. The summed E-state index contributed by atoms with van der Waals surface area (Å²) in [6.07, 6.45) is 23.6. The highest BCUT2D eigenvalue weighted by atomic mass is 16.7. The third-order valence-electron chi connectivity index (χ3n) is 10.2. The molecule has 0 aromatic heterocycles. The van der Waals surface area contributed by atoms with E-state index in [9.17, 15) is 45.3 Å². The Kier molecular flexibility index (Phi) is 31.0. The summed E-state index contributed by atoms with van der Waals surface area (Å²) in [5.74, 6) is -1.03. The van der Waals surface area contributed by atoms with Crippen LogP contribution in [-0.4, -0.2) is 142 Å². The fourth-order valence-electron chi connectivity index (χ4n) is 6.52. The lowest BCUT2D eigenvalue weighted by molar-refractivity contribution is -0.332. The smallest absolute Gasteiger partial charge is 0.306 e.